The molecule has 0 atom stereocenters. The van der Waals surface area contributed by atoms with Gasteiger partial charge in [-0.3, -0.25) is 4.79 Å². The minimum absolute atomic E-state index is 0.0666. The van der Waals surface area contributed by atoms with Gasteiger partial charge in [-0.1, -0.05) is 40.4 Å². The zero-order chi connectivity index (χ0) is 12.3. The van der Waals surface area contributed by atoms with Crippen LogP contribution in [0.15, 0.2) is 22.7 Å². The molecule has 1 fully saturated rings. The van der Waals surface area contributed by atoms with Crippen molar-refractivity contribution in [2.45, 2.75) is 32.1 Å². The Labute approximate surface area is 115 Å². The first-order chi connectivity index (χ1) is 8.15. The molecule has 4 heteroatoms. The molecule has 1 aliphatic carbocycles. The Balaban J connectivity index is 1.95. The van der Waals surface area contributed by atoms with E-state index < -0.39 is 0 Å². The van der Waals surface area contributed by atoms with E-state index in [0.717, 1.165) is 4.47 Å². The van der Waals surface area contributed by atoms with Crippen LogP contribution in [0.25, 0.3) is 0 Å². The number of nitrogens with one attached hydrogen (secondary N) is 1. The maximum Gasteiger partial charge on any atom is 0.224 e. The van der Waals surface area contributed by atoms with Gasteiger partial charge in [0.15, 0.2) is 0 Å². The van der Waals surface area contributed by atoms with Gasteiger partial charge in [0.25, 0.3) is 0 Å². The summed E-state index contributed by atoms with van der Waals surface area (Å²) in [5, 5.41) is 3.45. The van der Waals surface area contributed by atoms with Crippen LogP contribution in [0.1, 0.15) is 32.1 Å². The van der Waals surface area contributed by atoms with Gasteiger partial charge in [0, 0.05) is 10.9 Å². The van der Waals surface area contributed by atoms with Crippen LogP contribution < -0.4 is 5.32 Å². The van der Waals surface area contributed by atoms with Crippen molar-refractivity contribution < 1.29 is 4.79 Å². The number of halogens is 2. The largest absolute Gasteiger partial charge is 0.325 e. The van der Waals surface area contributed by atoms with Gasteiger partial charge in [-0.15, -0.1) is 0 Å². The fourth-order valence-corrected chi connectivity index (χ4v) is 2.80. The van der Waals surface area contributed by atoms with Crippen molar-refractivity contribution in [3.05, 3.63) is 27.7 Å². The zero-order valence-corrected chi connectivity index (χ0v) is 11.9. The first-order valence-corrected chi connectivity index (χ1v) is 7.07. The highest BCUT2D eigenvalue weighted by atomic mass is 79.9. The summed E-state index contributed by atoms with van der Waals surface area (Å²) < 4.78 is 0.915. The van der Waals surface area contributed by atoms with Gasteiger partial charge in [0.05, 0.1) is 10.7 Å². The molecular formula is C13H15BrClNO. The molecule has 0 bridgehead atoms. The minimum atomic E-state index is 0.0666. The van der Waals surface area contributed by atoms with Gasteiger partial charge in [-0.05, 0) is 37.0 Å². The van der Waals surface area contributed by atoms with Crippen LogP contribution in [0.2, 0.25) is 5.02 Å². The molecule has 1 amide bonds. The minimum Gasteiger partial charge on any atom is -0.325 e. The molecule has 0 aromatic heterocycles. The van der Waals surface area contributed by atoms with Gasteiger partial charge in [0.2, 0.25) is 5.91 Å². The summed E-state index contributed by atoms with van der Waals surface area (Å²) in [6, 6.07) is 5.46. The number of hydrogen-bond donors (Lipinski definition) is 1. The third-order valence-corrected chi connectivity index (χ3v) is 3.97. The van der Waals surface area contributed by atoms with Crippen molar-refractivity contribution in [1.82, 2.24) is 0 Å². The third kappa shape index (κ3) is 3.71. The predicted molar refractivity (Wildman–Crippen MR) is 74.4 cm³/mol. The smallest absolute Gasteiger partial charge is 0.224 e. The molecule has 2 rings (SSSR count). The molecule has 0 heterocycles. The van der Waals surface area contributed by atoms with Crippen molar-refractivity contribution in [1.29, 1.82) is 0 Å². The molecule has 0 aliphatic heterocycles. The average Bonchev–Trinajstić information content (AvgIpc) is 2.76. The summed E-state index contributed by atoms with van der Waals surface area (Å²) in [7, 11) is 0. The molecule has 0 saturated heterocycles. The Bertz CT molecular complexity index is 416. The maximum atomic E-state index is 11.8. The number of rotatable bonds is 3. The zero-order valence-electron chi connectivity index (χ0n) is 9.51. The SMILES string of the molecule is O=C(CC1CCCC1)Nc1cc(Br)ccc1Cl. The lowest BCUT2D eigenvalue weighted by molar-refractivity contribution is -0.117. The van der Waals surface area contributed by atoms with E-state index in [-0.39, 0.29) is 5.91 Å². The van der Waals surface area contributed by atoms with Gasteiger partial charge in [-0.2, -0.15) is 0 Å². The van der Waals surface area contributed by atoms with E-state index in [4.69, 9.17) is 11.6 Å². The molecule has 1 aromatic rings. The number of amides is 1. The highest BCUT2D eigenvalue weighted by Gasteiger charge is 2.18. The highest BCUT2D eigenvalue weighted by Crippen LogP contribution is 2.29. The molecule has 0 unspecified atom stereocenters. The van der Waals surface area contributed by atoms with E-state index in [2.05, 4.69) is 21.2 Å². The Kier molecular flexibility index (Phi) is 4.46. The Morgan fingerprint density at radius 2 is 2.12 bits per heavy atom. The molecule has 17 heavy (non-hydrogen) atoms. The van der Waals surface area contributed by atoms with Crippen molar-refractivity contribution >= 4 is 39.1 Å². The number of carbonyl (C=O) groups excluding carboxylic acids is 1. The van der Waals surface area contributed by atoms with Crippen LogP contribution >= 0.6 is 27.5 Å². The summed E-state index contributed by atoms with van der Waals surface area (Å²) in [6.07, 6.45) is 5.49. The molecule has 1 saturated carbocycles. The Hall–Kier alpha value is -0.540. The first-order valence-electron chi connectivity index (χ1n) is 5.90. The summed E-state index contributed by atoms with van der Waals surface area (Å²) in [5.74, 6) is 0.623. The first kappa shape index (κ1) is 12.9. The van der Waals surface area contributed by atoms with Gasteiger partial charge < -0.3 is 5.32 Å². The normalized spacial score (nSPS) is 16.1. The van der Waals surface area contributed by atoms with Crippen molar-refractivity contribution in [2.24, 2.45) is 5.92 Å². The number of anilines is 1. The second kappa shape index (κ2) is 5.87. The lowest BCUT2D eigenvalue weighted by Gasteiger charge is -2.11. The summed E-state index contributed by atoms with van der Waals surface area (Å²) in [4.78, 5) is 11.8. The fraction of sp³-hybridized carbons (Fsp3) is 0.462. The summed E-state index contributed by atoms with van der Waals surface area (Å²) in [5.41, 5.74) is 0.684. The van der Waals surface area contributed by atoms with Crippen molar-refractivity contribution in [3.8, 4) is 0 Å². The molecule has 0 spiro atoms. The van der Waals surface area contributed by atoms with Crippen molar-refractivity contribution in [3.63, 3.8) is 0 Å². The van der Waals surface area contributed by atoms with E-state index in [1.165, 1.54) is 25.7 Å². The van der Waals surface area contributed by atoms with E-state index in [9.17, 15) is 4.79 Å². The average molecular weight is 317 g/mol. The summed E-state index contributed by atoms with van der Waals surface area (Å²) in [6.45, 7) is 0. The highest BCUT2D eigenvalue weighted by molar-refractivity contribution is 9.10. The van der Waals surface area contributed by atoms with E-state index in [1.54, 1.807) is 6.07 Å². The van der Waals surface area contributed by atoms with Crippen LogP contribution in [0, 0.1) is 5.92 Å². The monoisotopic (exact) mass is 315 g/mol. The summed E-state index contributed by atoms with van der Waals surface area (Å²) >= 11 is 9.39. The number of benzene rings is 1. The topological polar surface area (TPSA) is 29.1 Å². The van der Waals surface area contributed by atoms with Crippen LogP contribution in [-0.4, -0.2) is 5.91 Å². The van der Waals surface area contributed by atoms with Crippen molar-refractivity contribution in [2.75, 3.05) is 5.32 Å². The van der Waals surface area contributed by atoms with E-state index in [0.29, 0.717) is 23.0 Å². The predicted octanol–water partition coefficient (Wildman–Crippen LogP) is 4.62. The molecule has 1 N–H and O–H groups in total. The lowest BCUT2D eigenvalue weighted by atomic mass is 10.0. The standard InChI is InChI=1S/C13H15BrClNO/c14-10-5-6-11(15)12(8-10)16-13(17)7-9-3-1-2-4-9/h5-6,8-9H,1-4,7H2,(H,16,17). The number of carbonyl (C=O) groups is 1. The molecule has 2 nitrogen and oxygen atoms in total. The molecule has 92 valence electrons. The van der Waals surface area contributed by atoms with Gasteiger partial charge in [0.1, 0.15) is 0 Å². The maximum absolute atomic E-state index is 11.8. The lowest BCUT2D eigenvalue weighted by Crippen LogP contribution is -2.15. The Morgan fingerprint density at radius 1 is 1.41 bits per heavy atom. The molecular weight excluding hydrogens is 302 g/mol. The van der Waals surface area contributed by atoms with Crippen LogP contribution in [0.4, 0.5) is 5.69 Å². The fourth-order valence-electron chi connectivity index (χ4n) is 2.27. The molecule has 1 aromatic carbocycles. The van der Waals surface area contributed by atoms with Gasteiger partial charge >= 0.3 is 0 Å². The van der Waals surface area contributed by atoms with Crippen LogP contribution in [0.3, 0.4) is 0 Å². The molecule has 1 aliphatic rings. The van der Waals surface area contributed by atoms with Crippen LogP contribution in [-0.2, 0) is 4.79 Å². The number of hydrogen-bond acceptors (Lipinski definition) is 1. The second-order valence-electron chi connectivity index (χ2n) is 4.53. The van der Waals surface area contributed by atoms with E-state index in [1.807, 2.05) is 12.1 Å². The van der Waals surface area contributed by atoms with Gasteiger partial charge in [-0.25, -0.2) is 0 Å². The Morgan fingerprint density at radius 3 is 2.82 bits per heavy atom. The van der Waals surface area contributed by atoms with Crippen LogP contribution in [0.5, 0.6) is 0 Å². The second-order valence-corrected chi connectivity index (χ2v) is 5.85. The molecule has 0 radical (unpaired) electrons. The quantitative estimate of drug-likeness (QED) is 0.866. The van der Waals surface area contributed by atoms with E-state index >= 15 is 0 Å². The third-order valence-electron chi connectivity index (χ3n) is 3.15.